The van der Waals surface area contributed by atoms with Crippen LogP contribution in [0, 0.1) is 12.3 Å². The fraction of sp³-hybridized carbons (Fsp3) is 0.500. The van der Waals surface area contributed by atoms with Gasteiger partial charge < -0.3 is 11.1 Å². The Hall–Kier alpha value is -1.51. The molecule has 1 rings (SSSR count). The predicted molar refractivity (Wildman–Crippen MR) is 72.0 cm³/mol. The van der Waals surface area contributed by atoms with Crippen molar-refractivity contribution in [2.45, 2.75) is 40.7 Å². The number of hydrogen-bond donors (Lipinski definition) is 2. The van der Waals surface area contributed by atoms with Crippen LogP contribution in [0.25, 0.3) is 0 Å². The van der Waals surface area contributed by atoms with Gasteiger partial charge in [-0.1, -0.05) is 32.4 Å². The molecule has 3 N–H and O–H groups in total. The van der Waals surface area contributed by atoms with E-state index in [0.29, 0.717) is 11.3 Å². The SMILES string of the molecule is Cc1ccc(N)c(C(=O)NC(C)C(C)(C)C)c1. The molecule has 94 valence electrons. The van der Waals surface area contributed by atoms with Crippen molar-refractivity contribution in [3.63, 3.8) is 0 Å². The van der Waals surface area contributed by atoms with Crippen LogP contribution in [0.3, 0.4) is 0 Å². The number of hydrogen-bond acceptors (Lipinski definition) is 2. The number of amides is 1. The smallest absolute Gasteiger partial charge is 0.253 e. The van der Waals surface area contributed by atoms with Gasteiger partial charge in [-0.15, -0.1) is 0 Å². The van der Waals surface area contributed by atoms with Gasteiger partial charge in [0.25, 0.3) is 5.91 Å². The predicted octanol–water partition coefficient (Wildman–Crippen LogP) is 2.74. The van der Waals surface area contributed by atoms with Crippen molar-refractivity contribution in [2.24, 2.45) is 5.41 Å². The van der Waals surface area contributed by atoms with Gasteiger partial charge in [0, 0.05) is 11.7 Å². The topological polar surface area (TPSA) is 55.1 Å². The normalized spacial score (nSPS) is 13.2. The molecular formula is C14H22N2O. The minimum absolute atomic E-state index is 0.0360. The van der Waals surface area contributed by atoms with Gasteiger partial charge in [0.05, 0.1) is 5.56 Å². The molecule has 0 fully saturated rings. The Morgan fingerprint density at radius 3 is 2.47 bits per heavy atom. The highest BCUT2D eigenvalue weighted by Crippen LogP contribution is 2.20. The lowest BCUT2D eigenvalue weighted by Gasteiger charge is -2.28. The van der Waals surface area contributed by atoms with Crippen LogP contribution in [0.5, 0.6) is 0 Å². The second-order valence-corrected chi connectivity index (χ2v) is 5.65. The van der Waals surface area contributed by atoms with Crippen molar-refractivity contribution in [1.29, 1.82) is 0 Å². The first-order chi connectivity index (χ1) is 7.71. The highest BCUT2D eigenvalue weighted by atomic mass is 16.1. The summed E-state index contributed by atoms with van der Waals surface area (Å²) in [6.45, 7) is 10.2. The Labute approximate surface area is 103 Å². The van der Waals surface area contributed by atoms with Crippen LogP contribution < -0.4 is 11.1 Å². The number of carbonyl (C=O) groups is 1. The molecular weight excluding hydrogens is 212 g/mol. The molecule has 17 heavy (non-hydrogen) atoms. The molecule has 3 heteroatoms. The summed E-state index contributed by atoms with van der Waals surface area (Å²) in [7, 11) is 0. The minimum Gasteiger partial charge on any atom is -0.398 e. The minimum atomic E-state index is -0.103. The Morgan fingerprint density at radius 1 is 1.35 bits per heavy atom. The maximum Gasteiger partial charge on any atom is 0.253 e. The maximum atomic E-state index is 12.1. The molecule has 1 aromatic carbocycles. The summed E-state index contributed by atoms with van der Waals surface area (Å²) < 4.78 is 0. The van der Waals surface area contributed by atoms with Crippen LogP contribution in [0.2, 0.25) is 0 Å². The number of nitrogens with one attached hydrogen (secondary N) is 1. The maximum absolute atomic E-state index is 12.1. The highest BCUT2D eigenvalue weighted by molar-refractivity contribution is 5.99. The number of carbonyl (C=O) groups excluding carboxylic acids is 1. The number of aryl methyl sites for hydroxylation is 1. The number of anilines is 1. The zero-order chi connectivity index (χ0) is 13.2. The second-order valence-electron chi connectivity index (χ2n) is 5.65. The molecule has 1 atom stereocenters. The Kier molecular flexibility index (Phi) is 3.81. The van der Waals surface area contributed by atoms with E-state index < -0.39 is 0 Å². The van der Waals surface area contributed by atoms with E-state index in [9.17, 15) is 4.79 Å². The second kappa shape index (κ2) is 4.78. The number of nitrogens with two attached hydrogens (primary N) is 1. The summed E-state index contributed by atoms with van der Waals surface area (Å²) >= 11 is 0. The Balaban J connectivity index is 2.87. The van der Waals surface area contributed by atoms with Crippen LogP contribution in [0.15, 0.2) is 18.2 Å². The average Bonchev–Trinajstić information content (AvgIpc) is 2.20. The summed E-state index contributed by atoms with van der Waals surface area (Å²) in [5.41, 5.74) is 7.96. The van der Waals surface area contributed by atoms with Crippen molar-refractivity contribution in [2.75, 3.05) is 5.73 Å². The van der Waals surface area contributed by atoms with E-state index in [1.165, 1.54) is 0 Å². The van der Waals surface area contributed by atoms with E-state index in [2.05, 4.69) is 26.1 Å². The molecule has 0 aliphatic rings. The third-order valence-corrected chi connectivity index (χ3v) is 3.10. The fourth-order valence-electron chi connectivity index (χ4n) is 1.36. The van der Waals surface area contributed by atoms with Crippen molar-refractivity contribution in [1.82, 2.24) is 5.32 Å². The van der Waals surface area contributed by atoms with Crippen LogP contribution in [0.1, 0.15) is 43.6 Å². The molecule has 0 saturated carbocycles. The third-order valence-electron chi connectivity index (χ3n) is 3.10. The highest BCUT2D eigenvalue weighted by Gasteiger charge is 2.22. The standard InChI is InChI=1S/C14H22N2O/c1-9-6-7-12(15)11(8-9)13(17)16-10(2)14(3,4)5/h6-8,10H,15H2,1-5H3,(H,16,17). The van der Waals surface area contributed by atoms with Gasteiger partial charge in [0.1, 0.15) is 0 Å². The van der Waals surface area contributed by atoms with Gasteiger partial charge in [-0.2, -0.15) is 0 Å². The number of nitrogen functional groups attached to an aromatic ring is 1. The van der Waals surface area contributed by atoms with Crippen LogP contribution in [-0.4, -0.2) is 11.9 Å². The molecule has 3 nitrogen and oxygen atoms in total. The molecule has 0 aromatic heterocycles. The van der Waals surface area contributed by atoms with E-state index in [0.717, 1.165) is 5.56 Å². The molecule has 0 aliphatic heterocycles. The molecule has 1 aromatic rings. The van der Waals surface area contributed by atoms with Crippen LogP contribution in [-0.2, 0) is 0 Å². The van der Waals surface area contributed by atoms with Crippen LogP contribution in [0.4, 0.5) is 5.69 Å². The van der Waals surface area contributed by atoms with Gasteiger partial charge in [0.2, 0.25) is 0 Å². The molecule has 0 heterocycles. The molecule has 1 unspecified atom stereocenters. The van der Waals surface area contributed by atoms with E-state index in [1.807, 2.05) is 26.0 Å². The molecule has 0 spiro atoms. The van der Waals surface area contributed by atoms with E-state index >= 15 is 0 Å². The zero-order valence-electron chi connectivity index (χ0n) is 11.3. The lowest BCUT2D eigenvalue weighted by Crippen LogP contribution is -2.41. The summed E-state index contributed by atoms with van der Waals surface area (Å²) in [6.07, 6.45) is 0. The third kappa shape index (κ3) is 3.48. The quantitative estimate of drug-likeness (QED) is 0.773. The zero-order valence-corrected chi connectivity index (χ0v) is 11.3. The van der Waals surface area contributed by atoms with Gasteiger partial charge in [0.15, 0.2) is 0 Å². The number of rotatable bonds is 2. The Morgan fingerprint density at radius 2 is 1.94 bits per heavy atom. The first-order valence-electron chi connectivity index (χ1n) is 5.89. The summed E-state index contributed by atoms with van der Waals surface area (Å²) in [5.74, 6) is -0.103. The van der Waals surface area contributed by atoms with Crippen molar-refractivity contribution >= 4 is 11.6 Å². The van der Waals surface area contributed by atoms with Gasteiger partial charge in [-0.05, 0) is 31.4 Å². The summed E-state index contributed by atoms with van der Waals surface area (Å²) in [6, 6.07) is 5.58. The fourth-order valence-corrected chi connectivity index (χ4v) is 1.36. The largest absolute Gasteiger partial charge is 0.398 e. The summed E-state index contributed by atoms with van der Waals surface area (Å²) in [4.78, 5) is 12.1. The van der Waals surface area contributed by atoms with E-state index in [-0.39, 0.29) is 17.4 Å². The summed E-state index contributed by atoms with van der Waals surface area (Å²) in [5, 5.41) is 2.99. The van der Waals surface area contributed by atoms with Crippen molar-refractivity contribution in [3.05, 3.63) is 29.3 Å². The van der Waals surface area contributed by atoms with Gasteiger partial charge >= 0.3 is 0 Å². The Bertz CT molecular complexity index is 419. The molecule has 0 radical (unpaired) electrons. The molecule has 0 saturated heterocycles. The first-order valence-corrected chi connectivity index (χ1v) is 5.89. The monoisotopic (exact) mass is 234 g/mol. The number of benzene rings is 1. The first kappa shape index (κ1) is 13.6. The van der Waals surface area contributed by atoms with Crippen molar-refractivity contribution in [3.8, 4) is 0 Å². The average molecular weight is 234 g/mol. The molecule has 1 amide bonds. The van der Waals surface area contributed by atoms with Gasteiger partial charge in [-0.25, -0.2) is 0 Å². The van der Waals surface area contributed by atoms with E-state index in [4.69, 9.17) is 5.73 Å². The van der Waals surface area contributed by atoms with Crippen LogP contribution >= 0.6 is 0 Å². The molecule has 0 bridgehead atoms. The van der Waals surface area contributed by atoms with Crippen molar-refractivity contribution < 1.29 is 4.79 Å². The van der Waals surface area contributed by atoms with E-state index in [1.54, 1.807) is 6.07 Å². The lowest BCUT2D eigenvalue weighted by atomic mass is 9.88. The lowest BCUT2D eigenvalue weighted by molar-refractivity contribution is 0.0911. The van der Waals surface area contributed by atoms with Gasteiger partial charge in [-0.3, -0.25) is 4.79 Å². The molecule has 0 aliphatic carbocycles.